The Hall–Kier alpha value is -0.830. The van der Waals surface area contributed by atoms with E-state index in [0.29, 0.717) is 20.7 Å². The van der Waals surface area contributed by atoms with Crippen LogP contribution in [0.2, 0.25) is 8.67 Å². The van der Waals surface area contributed by atoms with Crippen molar-refractivity contribution < 1.29 is 4.79 Å². The van der Waals surface area contributed by atoms with Crippen LogP contribution in [0.25, 0.3) is 0 Å². The first-order chi connectivity index (χ1) is 8.45. The second-order valence-corrected chi connectivity index (χ2v) is 6.62. The smallest absolute Gasteiger partial charge is 0.169 e. The maximum absolute atomic E-state index is 12.1. The number of hydrogen-bond donors (Lipinski definition) is 0. The highest BCUT2D eigenvalue weighted by atomic mass is 35.5. The number of carbonyl (C=O) groups excluding carboxylic acids is 1. The Morgan fingerprint density at radius 1 is 1.11 bits per heavy atom. The summed E-state index contributed by atoms with van der Waals surface area (Å²) in [5.74, 6) is 0.00755. The molecular formula is C14H12Cl2OS. The molecule has 0 saturated heterocycles. The van der Waals surface area contributed by atoms with E-state index in [1.807, 2.05) is 26.0 Å². The van der Waals surface area contributed by atoms with Crippen LogP contribution >= 0.6 is 34.5 Å². The molecule has 0 fully saturated rings. The molecule has 18 heavy (non-hydrogen) atoms. The molecule has 0 aliphatic rings. The van der Waals surface area contributed by atoms with Gasteiger partial charge in [0.05, 0.1) is 4.34 Å². The van der Waals surface area contributed by atoms with Crippen LogP contribution in [0.4, 0.5) is 0 Å². The van der Waals surface area contributed by atoms with E-state index >= 15 is 0 Å². The van der Waals surface area contributed by atoms with Crippen LogP contribution in [-0.2, 0) is 6.42 Å². The Morgan fingerprint density at radius 3 is 2.22 bits per heavy atom. The van der Waals surface area contributed by atoms with Crippen molar-refractivity contribution in [3.63, 3.8) is 0 Å². The van der Waals surface area contributed by atoms with Gasteiger partial charge in [-0.3, -0.25) is 4.79 Å². The molecule has 2 rings (SSSR count). The molecule has 0 unspecified atom stereocenters. The number of aryl methyl sites for hydroxylation is 2. The number of thiophene rings is 1. The monoisotopic (exact) mass is 298 g/mol. The molecule has 0 atom stereocenters. The molecule has 0 N–H and O–H groups in total. The molecule has 1 aromatic carbocycles. The standard InChI is InChI=1S/C14H12Cl2OS/c1-8-3-9(2)5-10(4-8)6-12(17)11-7-13(15)18-14(11)16/h3-5,7H,6H2,1-2H3. The quantitative estimate of drug-likeness (QED) is 0.721. The molecule has 0 radical (unpaired) electrons. The van der Waals surface area contributed by atoms with Crippen LogP contribution in [0.15, 0.2) is 24.3 Å². The van der Waals surface area contributed by atoms with E-state index in [0.717, 1.165) is 16.7 Å². The van der Waals surface area contributed by atoms with Crippen molar-refractivity contribution in [2.45, 2.75) is 20.3 Å². The van der Waals surface area contributed by atoms with Gasteiger partial charge < -0.3 is 0 Å². The summed E-state index contributed by atoms with van der Waals surface area (Å²) in [4.78, 5) is 12.1. The van der Waals surface area contributed by atoms with E-state index in [-0.39, 0.29) is 5.78 Å². The molecule has 0 aliphatic heterocycles. The van der Waals surface area contributed by atoms with E-state index in [4.69, 9.17) is 23.2 Å². The Kier molecular flexibility index (Phi) is 4.10. The lowest BCUT2D eigenvalue weighted by atomic mass is 10.0. The topological polar surface area (TPSA) is 17.1 Å². The van der Waals surface area contributed by atoms with Crippen molar-refractivity contribution in [1.29, 1.82) is 0 Å². The van der Waals surface area contributed by atoms with Gasteiger partial charge in [-0.05, 0) is 25.5 Å². The normalized spacial score (nSPS) is 10.7. The van der Waals surface area contributed by atoms with Crippen molar-refractivity contribution in [2.24, 2.45) is 0 Å². The van der Waals surface area contributed by atoms with Gasteiger partial charge in [-0.15, -0.1) is 11.3 Å². The summed E-state index contributed by atoms with van der Waals surface area (Å²) < 4.78 is 1.01. The van der Waals surface area contributed by atoms with Crippen LogP contribution in [-0.4, -0.2) is 5.78 Å². The summed E-state index contributed by atoms with van der Waals surface area (Å²) in [6.45, 7) is 4.05. The zero-order valence-electron chi connectivity index (χ0n) is 10.1. The fourth-order valence-electron chi connectivity index (χ4n) is 1.98. The predicted molar refractivity (Wildman–Crippen MR) is 78.3 cm³/mol. The van der Waals surface area contributed by atoms with Crippen molar-refractivity contribution in [2.75, 3.05) is 0 Å². The van der Waals surface area contributed by atoms with Crippen molar-refractivity contribution in [3.05, 3.63) is 55.2 Å². The number of halogens is 2. The lowest BCUT2D eigenvalue weighted by Gasteiger charge is -2.04. The van der Waals surface area contributed by atoms with Gasteiger partial charge in [-0.1, -0.05) is 52.5 Å². The van der Waals surface area contributed by atoms with Gasteiger partial charge >= 0.3 is 0 Å². The fourth-order valence-corrected chi connectivity index (χ4v) is 3.48. The molecular weight excluding hydrogens is 287 g/mol. The Bertz CT molecular complexity index is 582. The number of ketones is 1. The predicted octanol–water partition coefficient (Wildman–Crippen LogP) is 5.10. The van der Waals surface area contributed by atoms with E-state index in [1.165, 1.54) is 11.3 Å². The van der Waals surface area contributed by atoms with Crippen LogP contribution in [0.3, 0.4) is 0 Å². The van der Waals surface area contributed by atoms with Crippen LogP contribution < -0.4 is 0 Å². The van der Waals surface area contributed by atoms with Crippen LogP contribution in [0.5, 0.6) is 0 Å². The zero-order chi connectivity index (χ0) is 13.3. The first-order valence-electron chi connectivity index (χ1n) is 5.51. The summed E-state index contributed by atoms with van der Waals surface area (Å²) in [6.07, 6.45) is 0.356. The minimum Gasteiger partial charge on any atom is -0.294 e. The second-order valence-electron chi connectivity index (χ2n) is 4.33. The fraction of sp³-hybridized carbons (Fsp3) is 0.214. The maximum atomic E-state index is 12.1. The van der Waals surface area contributed by atoms with Crippen molar-refractivity contribution in [3.8, 4) is 0 Å². The highest BCUT2D eigenvalue weighted by Gasteiger charge is 2.14. The average molecular weight is 299 g/mol. The van der Waals surface area contributed by atoms with E-state index in [2.05, 4.69) is 6.07 Å². The molecule has 0 saturated carbocycles. The Labute approximate surface area is 120 Å². The summed E-state index contributed by atoms with van der Waals surface area (Å²) in [7, 11) is 0. The lowest BCUT2D eigenvalue weighted by molar-refractivity contribution is 0.0993. The molecule has 1 heterocycles. The molecule has 0 spiro atoms. The molecule has 2 aromatic rings. The van der Waals surface area contributed by atoms with E-state index < -0.39 is 0 Å². The van der Waals surface area contributed by atoms with E-state index in [9.17, 15) is 4.79 Å². The highest BCUT2D eigenvalue weighted by molar-refractivity contribution is 7.20. The van der Waals surface area contributed by atoms with Crippen molar-refractivity contribution in [1.82, 2.24) is 0 Å². The summed E-state index contributed by atoms with van der Waals surface area (Å²) in [6, 6.07) is 7.77. The largest absolute Gasteiger partial charge is 0.294 e. The SMILES string of the molecule is Cc1cc(C)cc(CC(=O)c2cc(Cl)sc2Cl)c1. The van der Waals surface area contributed by atoms with Gasteiger partial charge in [-0.2, -0.15) is 0 Å². The number of carbonyl (C=O) groups is 1. The first kappa shape index (κ1) is 13.6. The van der Waals surface area contributed by atoms with Crippen molar-refractivity contribution >= 4 is 40.3 Å². The lowest BCUT2D eigenvalue weighted by Crippen LogP contribution is -2.03. The first-order valence-corrected chi connectivity index (χ1v) is 7.08. The second kappa shape index (κ2) is 5.43. The average Bonchev–Trinajstić information content (AvgIpc) is 2.56. The van der Waals surface area contributed by atoms with Gasteiger partial charge in [0.15, 0.2) is 5.78 Å². The third kappa shape index (κ3) is 3.14. The number of hydrogen-bond acceptors (Lipinski definition) is 2. The summed E-state index contributed by atoms with van der Waals surface area (Å²) in [5, 5.41) is 0. The third-order valence-corrected chi connectivity index (χ3v) is 4.09. The van der Waals surface area contributed by atoms with Gasteiger partial charge in [0.1, 0.15) is 4.34 Å². The molecule has 4 heteroatoms. The number of rotatable bonds is 3. The van der Waals surface area contributed by atoms with Gasteiger partial charge in [-0.25, -0.2) is 0 Å². The molecule has 1 nitrogen and oxygen atoms in total. The molecule has 0 bridgehead atoms. The summed E-state index contributed by atoms with van der Waals surface area (Å²) in [5.41, 5.74) is 3.85. The molecule has 1 aromatic heterocycles. The maximum Gasteiger partial charge on any atom is 0.169 e. The van der Waals surface area contributed by atoms with E-state index in [1.54, 1.807) is 6.07 Å². The van der Waals surface area contributed by atoms with Gasteiger partial charge in [0.2, 0.25) is 0 Å². The summed E-state index contributed by atoms with van der Waals surface area (Å²) >= 11 is 13.1. The Balaban J connectivity index is 2.23. The molecule has 0 aliphatic carbocycles. The molecule has 0 amide bonds. The minimum absolute atomic E-state index is 0.00755. The highest BCUT2D eigenvalue weighted by Crippen LogP contribution is 2.32. The zero-order valence-corrected chi connectivity index (χ0v) is 12.4. The number of benzene rings is 1. The van der Waals surface area contributed by atoms with Gasteiger partial charge in [0.25, 0.3) is 0 Å². The Morgan fingerprint density at radius 2 is 1.72 bits per heavy atom. The molecule has 94 valence electrons. The minimum atomic E-state index is 0.00755. The van der Waals surface area contributed by atoms with Crippen LogP contribution in [0.1, 0.15) is 27.0 Å². The third-order valence-electron chi connectivity index (χ3n) is 2.60. The van der Waals surface area contributed by atoms with Gasteiger partial charge in [0, 0.05) is 12.0 Å². The van der Waals surface area contributed by atoms with Crippen LogP contribution in [0, 0.1) is 13.8 Å². The number of Topliss-reactive ketones (excluding diaryl/α,β-unsaturated/α-hetero) is 1.